The maximum absolute atomic E-state index is 12.8. The van der Waals surface area contributed by atoms with E-state index < -0.39 is 0 Å². The molecule has 0 N–H and O–H groups in total. The third-order valence-electron chi connectivity index (χ3n) is 4.67. The average molecular weight is 273 g/mol. The van der Waals surface area contributed by atoms with E-state index in [-0.39, 0.29) is 11.8 Å². The minimum atomic E-state index is 0.00639. The molecular weight excluding hydrogens is 250 g/mol. The van der Waals surface area contributed by atoms with Gasteiger partial charge in [-0.1, -0.05) is 37.3 Å². The van der Waals surface area contributed by atoms with Crippen molar-refractivity contribution < 1.29 is 9.53 Å². The molecule has 1 saturated carbocycles. The first-order chi connectivity index (χ1) is 9.81. The van der Waals surface area contributed by atoms with Crippen LogP contribution in [-0.4, -0.2) is 42.0 Å². The Bertz CT molecular complexity index is 459. The summed E-state index contributed by atoms with van der Waals surface area (Å²) < 4.78 is 5.86. The van der Waals surface area contributed by atoms with Gasteiger partial charge in [0.2, 0.25) is 0 Å². The molecule has 2 aliphatic rings. The Morgan fingerprint density at radius 3 is 2.90 bits per heavy atom. The molecule has 3 unspecified atom stereocenters. The van der Waals surface area contributed by atoms with Crippen molar-refractivity contribution >= 4 is 5.78 Å². The third kappa shape index (κ3) is 2.52. The van der Waals surface area contributed by atoms with Gasteiger partial charge < -0.3 is 4.74 Å². The van der Waals surface area contributed by atoms with E-state index in [0.717, 1.165) is 31.6 Å². The largest absolute Gasteiger partial charge is 0.375 e. The second kappa shape index (κ2) is 6.06. The monoisotopic (exact) mass is 273 g/mol. The molecule has 108 valence electrons. The van der Waals surface area contributed by atoms with E-state index in [2.05, 4.69) is 11.8 Å². The molecule has 1 aliphatic heterocycles. The number of benzene rings is 1. The van der Waals surface area contributed by atoms with Crippen LogP contribution in [-0.2, 0) is 4.74 Å². The molecule has 0 aromatic heterocycles. The predicted molar refractivity (Wildman–Crippen MR) is 78.9 cm³/mol. The van der Waals surface area contributed by atoms with Gasteiger partial charge >= 0.3 is 0 Å². The van der Waals surface area contributed by atoms with Gasteiger partial charge in [0.05, 0.1) is 18.8 Å². The van der Waals surface area contributed by atoms with Crippen LogP contribution in [0.25, 0.3) is 0 Å². The lowest BCUT2D eigenvalue weighted by atomic mass is 9.97. The Labute approximate surface area is 120 Å². The van der Waals surface area contributed by atoms with Gasteiger partial charge in [-0.15, -0.1) is 0 Å². The first-order valence-corrected chi connectivity index (χ1v) is 7.78. The quantitative estimate of drug-likeness (QED) is 0.790. The number of hydrogen-bond donors (Lipinski definition) is 0. The Kier molecular flexibility index (Phi) is 4.18. The van der Waals surface area contributed by atoms with Crippen LogP contribution < -0.4 is 0 Å². The summed E-state index contributed by atoms with van der Waals surface area (Å²) in [4.78, 5) is 15.2. The maximum Gasteiger partial charge on any atom is 0.179 e. The van der Waals surface area contributed by atoms with Gasteiger partial charge in [-0.2, -0.15) is 0 Å². The summed E-state index contributed by atoms with van der Waals surface area (Å²) in [6.07, 6.45) is 4.76. The summed E-state index contributed by atoms with van der Waals surface area (Å²) in [7, 11) is 0. The van der Waals surface area contributed by atoms with E-state index >= 15 is 0 Å². The molecule has 1 aromatic carbocycles. The summed E-state index contributed by atoms with van der Waals surface area (Å²) in [5.74, 6) is 0.264. The number of rotatable bonds is 4. The number of Topliss-reactive ketones (excluding diaryl/α,β-unsaturated/α-hetero) is 1. The van der Waals surface area contributed by atoms with E-state index in [1.807, 2.05) is 30.3 Å². The van der Waals surface area contributed by atoms with Crippen molar-refractivity contribution in [2.45, 2.75) is 50.8 Å². The van der Waals surface area contributed by atoms with Crippen molar-refractivity contribution in [2.75, 3.05) is 13.2 Å². The van der Waals surface area contributed by atoms with Gasteiger partial charge in [-0.05, 0) is 25.7 Å². The summed E-state index contributed by atoms with van der Waals surface area (Å²) >= 11 is 0. The molecule has 1 saturated heterocycles. The number of ether oxygens (including phenoxy) is 1. The summed E-state index contributed by atoms with van der Waals surface area (Å²) in [5.41, 5.74) is 0.834. The smallest absolute Gasteiger partial charge is 0.179 e. The minimum absolute atomic E-state index is 0.00639. The molecule has 3 heteroatoms. The Morgan fingerprint density at radius 2 is 2.15 bits per heavy atom. The van der Waals surface area contributed by atoms with Crippen LogP contribution in [0.3, 0.4) is 0 Å². The molecule has 20 heavy (non-hydrogen) atoms. The topological polar surface area (TPSA) is 29.5 Å². The number of fused-ring (bicyclic) bond motifs is 1. The summed E-state index contributed by atoms with van der Waals surface area (Å²) in [6, 6.07) is 10.2. The van der Waals surface area contributed by atoms with Crippen LogP contribution in [0.2, 0.25) is 0 Å². The predicted octanol–water partition coefficient (Wildman–Crippen LogP) is 2.90. The molecule has 0 spiro atoms. The Balaban J connectivity index is 1.80. The maximum atomic E-state index is 12.8. The van der Waals surface area contributed by atoms with Crippen molar-refractivity contribution in [2.24, 2.45) is 0 Å². The first kappa shape index (κ1) is 13.8. The van der Waals surface area contributed by atoms with Crippen LogP contribution >= 0.6 is 0 Å². The van der Waals surface area contributed by atoms with Gasteiger partial charge in [-0.25, -0.2) is 0 Å². The highest BCUT2D eigenvalue weighted by molar-refractivity contribution is 6.00. The van der Waals surface area contributed by atoms with E-state index in [1.165, 1.54) is 12.8 Å². The van der Waals surface area contributed by atoms with Crippen molar-refractivity contribution in [1.82, 2.24) is 4.90 Å². The van der Waals surface area contributed by atoms with Gasteiger partial charge in [0.25, 0.3) is 0 Å². The number of ketones is 1. The Hall–Kier alpha value is -1.19. The fourth-order valence-electron chi connectivity index (χ4n) is 3.71. The van der Waals surface area contributed by atoms with Gasteiger partial charge in [0.15, 0.2) is 5.78 Å². The highest BCUT2D eigenvalue weighted by Gasteiger charge is 2.40. The summed E-state index contributed by atoms with van der Waals surface area (Å²) in [5, 5.41) is 0. The van der Waals surface area contributed by atoms with Crippen molar-refractivity contribution in [3.05, 3.63) is 35.9 Å². The zero-order valence-electron chi connectivity index (χ0n) is 12.1. The molecule has 3 nitrogen and oxygen atoms in total. The molecule has 1 aromatic rings. The van der Waals surface area contributed by atoms with Crippen LogP contribution in [0.15, 0.2) is 30.3 Å². The summed E-state index contributed by atoms with van der Waals surface area (Å²) in [6.45, 7) is 3.77. The molecule has 0 radical (unpaired) electrons. The van der Waals surface area contributed by atoms with E-state index in [1.54, 1.807) is 0 Å². The number of nitrogens with zero attached hydrogens (tertiary/aromatic N) is 1. The minimum Gasteiger partial charge on any atom is -0.375 e. The zero-order chi connectivity index (χ0) is 13.9. The van der Waals surface area contributed by atoms with Crippen molar-refractivity contribution in [3.8, 4) is 0 Å². The highest BCUT2D eigenvalue weighted by Crippen LogP contribution is 2.32. The zero-order valence-corrected chi connectivity index (χ0v) is 12.1. The van der Waals surface area contributed by atoms with E-state index in [4.69, 9.17) is 4.74 Å². The normalized spacial score (nSPS) is 28.1. The fourth-order valence-corrected chi connectivity index (χ4v) is 3.71. The second-order valence-electron chi connectivity index (χ2n) is 5.80. The van der Waals surface area contributed by atoms with Crippen LogP contribution in [0, 0.1) is 0 Å². The highest BCUT2D eigenvalue weighted by atomic mass is 16.5. The van der Waals surface area contributed by atoms with E-state index in [9.17, 15) is 4.79 Å². The SMILES string of the molecule is CCC(C(=O)c1ccccc1)N1CCOC2CCCC21. The third-order valence-corrected chi connectivity index (χ3v) is 4.67. The van der Waals surface area contributed by atoms with Gasteiger partial charge in [0, 0.05) is 18.2 Å². The van der Waals surface area contributed by atoms with Crippen LogP contribution in [0.5, 0.6) is 0 Å². The standard InChI is InChI=1S/C17H23NO2/c1-2-14(17(19)13-7-4-3-5-8-13)18-11-12-20-16-10-6-9-15(16)18/h3-5,7-8,14-16H,2,6,9-12H2,1H3. The average Bonchev–Trinajstić information content (AvgIpc) is 2.98. The van der Waals surface area contributed by atoms with Gasteiger partial charge in [0.1, 0.15) is 0 Å². The lowest BCUT2D eigenvalue weighted by molar-refractivity contribution is -0.0669. The van der Waals surface area contributed by atoms with Crippen molar-refractivity contribution in [3.63, 3.8) is 0 Å². The molecular formula is C17H23NO2. The molecule has 1 aliphatic carbocycles. The first-order valence-electron chi connectivity index (χ1n) is 7.78. The molecule has 2 fully saturated rings. The number of carbonyl (C=O) groups excluding carboxylic acids is 1. The number of hydrogen-bond acceptors (Lipinski definition) is 3. The molecule has 3 atom stereocenters. The number of morpholine rings is 1. The molecule has 3 rings (SSSR count). The molecule has 0 bridgehead atoms. The van der Waals surface area contributed by atoms with Crippen LogP contribution in [0.1, 0.15) is 43.0 Å². The van der Waals surface area contributed by atoms with Crippen LogP contribution in [0.4, 0.5) is 0 Å². The van der Waals surface area contributed by atoms with Crippen molar-refractivity contribution in [1.29, 1.82) is 0 Å². The van der Waals surface area contributed by atoms with Gasteiger partial charge in [-0.3, -0.25) is 9.69 Å². The lowest BCUT2D eigenvalue weighted by Crippen LogP contribution is -2.55. The Morgan fingerprint density at radius 1 is 1.35 bits per heavy atom. The van der Waals surface area contributed by atoms with E-state index in [0.29, 0.717) is 12.1 Å². The molecule has 0 amide bonds. The number of carbonyl (C=O) groups is 1. The fraction of sp³-hybridized carbons (Fsp3) is 0.588. The lowest BCUT2D eigenvalue weighted by Gasteiger charge is -2.41. The molecule has 1 heterocycles. The second-order valence-corrected chi connectivity index (χ2v) is 5.80.